The molecular formula is C20H15ClN4O4S. The number of anilines is 2. The highest BCUT2D eigenvalue weighted by Gasteiger charge is 2.12. The average molecular weight is 443 g/mol. The van der Waals surface area contributed by atoms with Gasteiger partial charge in [-0.05, 0) is 42.5 Å². The van der Waals surface area contributed by atoms with Crippen LogP contribution in [0.15, 0.2) is 71.8 Å². The normalized spacial score (nSPS) is 10.3. The number of amides is 2. The number of rotatable bonds is 7. The molecule has 0 aliphatic carbocycles. The van der Waals surface area contributed by atoms with E-state index in [0.717, 1.165) is 4.90 Å². The van der Waals surface area contributed by atoms with Crippen LogP contribution in [-0.2, 0) is 4.79 Å². The molecule has 0 unspecified atom stereocenters. The summed E-state index contributed by atoms with van der Waals surface area (Å²) in [5, 5.41) is 16.7. The Kier molecular flexibility index (Phi) is 6.99. The number of nitrogens with zero attached hydrogens (tertiary/aromatic N) is 2. The molecule has 2 amide bonds. The molecule has 3 aromatic rings. The minimum absolute atomic E-state index is 0.151. The second kappa shape index (κ2) is 9.86. The summed E-state index contributed by atoms with van der Waals surface area (Å²) in [4.78, 5) is 39.4. The highest BCUT2D eigenvalue weighted by Crippen LogP contribution is 2.21. The number of carbonyl (C=O) groups excluding carboxylic acids is 2. The van der Waals surface area contributed by atoms with Crippen molar-refractivity contribution in [1.82, 2.24) is 4.98 Å². The Morgan fingerprint density at radius 2 is 1.83 bits per heavy atom. The molecule has 0 aliphatic heterocycles. The first-order valence-corrected chi connectivity index (χ1v) is 9.97. The minimum atomic E-state index is -0.554. The molecule has 0 spiro atoms. The fourth-order valence-electron chi connectivity index (χ4n) is 2.38. The van der Waals surface area contributed by atoms with Gasteiger partial charge in [-0.25, -0.2) is 4.98 Å². The molecule has 30 heavy (non-hydrogen) atoms. The van der Waals surface area contributed by atoms with Gasteiger partial charge in [-0.15, -0.1) is 11.8 Å². The molecule has 10 heteroatoms. The van der Waals surface area contributed by atoms with E-state index in [2.05, 4.69) is 15.6 Å². The predicted molar refractivity (Wildman–Crippen MR) is 116 cm³/mol. The summed E-state index contributed by atoms with van der Waals surface area (Å²) in [6.45, 7) is 0. The summed E-state index contributed by atoms with van der Waals surface area (Å²) >= 11 is 7.08. The summed E-state index contributed by atoms with van der Waals surface area (Å²) in [6, 6.07) is 15.7. The Morgan fingerprint density at radius 1 is 1.07 bits per heavy atom. The summed E-state index contributed by atoms with van der Waals surface area (Å²) in [7, 11) is 0. The van der Waals surface area contributed by atoms with Crippen LogP contribution in [-0.4, -0.2) is 27.5 Å². The number of nitrogens with one attached hydrogen (secondary N) is 2. The Bertz CT molecular complexity index is 1070. The standard InChI is InChI=1S/C20H15ClN4O4S/c21-14-4-9-18(22-11-14)24-19(26)12-30-17-7-5-15(6-8-17)23-20(27)13-2-1-3-16(10-13)25(28)29/h1-11H,12H2,(H,23,27)(H,22,24,26). The van der Waals surface area contributed by atoms with Gasteiger partial charge in [-0.3, -0.25) is 19.7 Å². The third-order valence-corrected chi connectivity index (χ3v) is 5.03. The van der Waals surface area contributed by atoms with Gasteiger partial charge in [-0.2, -0.15) is 0 Å². The first-order chi connectivity index (χ1) is 14.4. The SMILES string of the molecule is O=C(CSc1ccc(NC(=O)c2cccc([N+](=O)[O-])c2)cc1)Nc1ccc(Cl)cn1. The van der Waals surface area contributed by atoms with Gasteiger partial charge in [0.25, 0.3) is 11.6 Å². The van der Waals surface area contributed by atoms with E-state index in [1.54, 1.807) is 36.4 Å². The number of halogens is 1. The van der Waals surface area contributed by atoms with Crippen molar-refractivity contribution < 1.29 is 14.5 Å². The predicted octanol–water partition coefficient (Wildman–Crippen LogP) is 4.63. The van der Waals surface area contributed by atoms with E-state index in [1.165, 1.54) is 42.2 Å². The lowest BCUT2D eigenvalue weighted by atomic mass is 10.2. The van der Waals surface area contributed by atoms with Crippen LogP contribution in [0.2, 0.25) is 5.02 Å². The fourth-order valence-corrected chi connectivity index (χ4v) is 3.19. The van der Waals surface area contributed by atoms with Crippen LogP contribution in [0.4, 0.5) is 17.2 Å². The Labute approximate surface area is 180 Å². The molecule has 152 valence electrons. The summed E-state index contributed by atoms with van der Waals surface area (Å²) in [6.07, 6.45) is 1.45. The molecule has 0 atom stereocenters. The molecule has 1 aromatic heterocycles. The molecule has 0 aliphatic rings. The van der Waals surface area contributed by atoms with Crippen LogP contribution in [0.3, 0.4) is 0 Å². The number of carbonyl (C=O) groups is 2. The first-order valence-electron chi connectivity index (χ1n) is 8.61. The van der Waals surface area contributed by atoms with Gasteiger partial charge in [-0.1, -0.05) is 17.7 Å². The molecular weight excluding hydrogens is 428 g/mol. The Morgan fingerprint density at radius 3 is 2.50 bits per heavy atom. The highest BCUT2D eigenvalue weighted by molar-refractivity contribution is 8.00. The topological polar surface area (TPSA) is 114 Å². The maximum atomic E-state index is 12.3. The van der Waals surface area contributed by atoms with Crippen LogP contribution in [0, 0.1) is 10.1 Å². The van der Waals surface area contributed by atoms with Crippen molar-refractivity contribution in [3.63, 3.8) is 0 Å². The number of benzene rings is 2. The van der Waals surface area contributed by atoms with Crippen molar-refractivity contribution in [2.75, 3.05) is 16.4 Å². The van der Waals surface area contributed by atoms with Crippen molar-refractivity contribution in [2.45, 2.75) is 4.90 Å². The number of hydrogen-bond acceptors (Lipinski definition) is 6. The largest absolute Gasteiger partial charge is 0.322 e. The molecule has 0 radical (unpaired) electrons. The second-order valence-corrected chi connectivity index (χ2v) is 7.47. The number of non-ortho nitro benzene ring substituents is 1. The van der Waals surface area contributed by atoms with Gasteiger partial charge in [0.15, 0.2) is 0 Å². The van der Waals surface area contributed by atoms with Gasteiger partial charge in [0.2, 0.25) is 5.91 Å². The van der Waals surface area contributed by atoms with Crippen molar-refractivity contribution in [2.24, 2.45) is 0 Å². The van der Waals surface area contributed by atoms with Crippen LogP contribution in [0.1, 0.15) is 10.4 Å². The van der Waals surface area contributed by atoms with E-state index in [0.29, 0.717) is 16.5 Å². The molecule has 2 N–H and O–H groups in total. The maximum absolute atomic E-state index is 12.3. The molecule has 0 fully saturated rings. The summed E-state index contributed by atoms with van der Waals surface area (Å²) in [5.41, 5.74) is 0.572. The lowest BCUT2D eigenvalue weighted by molar-refractivity contribution is -0.384. The first kappa shape index (κ1) is 21.3. The molecule has 0 bridgehead atoms. The van der Waals surface area contributed by atoms with Gasteiger partial charge >= 0.3 is 0 Å². The zero-order valence-electron chi connectivity index (χ0n) is 15.4. The zero-order chi connectivity index (χ0) is 21.5. The third-order valence-electron chi connectivity index (χ3n) is 3.80. The van der Waals surface area contributed by atoms with E-state index >= 15 is 0 Å². The molecule has 2 aromatic carbocycles. The molecule has 8 nitrogen and oxygen atoms in total. The van der Waals surface area contributed by atoms with E-state index in [9.17, 15) is 19.7 Å². The number of aromatic nitrogens is 1. The number of nitro groups is 1. The van der Waals surface area contributed by atoms with Crippen molar-refractivity contribution in [3.05, 3.63) is 87.6 Å². The average Bonchev–Trinajstić information content (AvgIpc) is 2.75. The number of hydrogen-bond donors (Lipinski definition) is 2. The minimum Gasteiger partial charge on any atom is -0.322 e. The maximum Gasteiger partial charge on any atom is 0.270 e. The zero-order valence-corrected chi connectivity index (χ0v) is 16.9. The lowest BCUT2D eigenvalue weighted by Gasteiger charge is -2.07. The van der Waals surface area contributed by atoms with Crippen molar-refractivity contribution >= 4 is 52.4 Å². The van der Waals surface area contributed by atoms with E-state index in [1.807, 2.05) is 0 Å². The van der Waals surface area contributed by atoms with E-state index in [4.69, 9.17) is 11.6 Å². The van der Waals surface area contributed by atoms with Crippen LogP contribution < -0.4 is 10.6 Å². The molecule has 3 rings (SSSR count). The van der Waals surface area contributed by atoms with Gasteiger partial charge < -0.3 is 10.6 Å². The van der Waals surface area contributed by atoms with Crippen LogP contribution in [0.5, 0.6) is 0 Å². The van der Waals surface area contributed by atoms with E-state index < -0.39 is 10.8 Å². The number of pyridine rings is 1. The van der Waals surface area contributed by atoms with Crippen molar-refractivity contribution in [1.29, 1.82) is 0 Å². The quantitative estimate of drug-likeness (QED) is 0.313. The van der Waals surface area contributed by atoms with Crippen LogP contribution in [0.25, 0.3) is 0 Å². The van der Waals surface area contributed by atoms with Gasteiger partial charge in [0.05, 0.1) is 15.7 Å². The van der Waals surface area contributed by atoms with Gasteiger partial charge in [0.1, 0.15) is 5.82 Å². The fraction of sp³-hybridized carbons (Fsp3) is 0.0500. The molecule has 0 saturated heterocycles. The highest BCUT2D eigenvalue weighted by atomic mass is 35.5. The van der Waals surface area contributed by atoms with E-state index in [-0.39, 0.29) is 22.9 Å². The smallest absolute Gasteiger partial charge is 0.270 e. The summed E-state index contributed by atoms with van der Waals surface area (Å²) < 4.78 is 0. The van der Waals surface area contributed by atoms with Gasteiger partial charge in [0, 0.05) is 34.5 Å². The Balaban J connectivity index is 1.52. The third kappa shape index (κ3) is 6.03. The monoisotopic (exact) mass is 442 g/mol. The van der Waals surface area contributed by atoms with Crippen LogP contribution >= 0.6 is 23.4 Å². The summed E-state index contributed by atoms with van der Waals surface area (Å²) in [5.74, 6) is -0.0556. The number of thioether (sulfide) groups is 1. The Hall–Kier alpha value is -3.43. The second-order valence-electron chi connectivity index (χ2n) is 5.98. The molecule has 1 heterocycles. The number of nitro benzene ring substituents is 1. The molecule has 0 saturated carbocycles. The van der Waals surface area contributed by atoms with Crippen molar-refractivity contribution in [3.8, 4) is 0 Å². The lowest BCUT2D eigenvalue weighted by Crippen LogP contribution is -2.14.